The van der Waals surface area contributed by atoms with Gasteiger partial charge in [-0.1, -0.05) is 54.1 Å². The molecule has 0 unspecified atom stereocenters. The van der Waals surface area contributed by atoms with E-state index in [9.17, 15) is 4.79 Å². The number of hydrogen-bond acceptors (Lipinski definition) is 7. The van der Waals surface area contributed by atoms with Gasteiger partial charge in [0.15, 0.2) is 4.34 Å². The van der Waals surface area contributed by atoms with Crippen molar-refractivity contribution < 1.29 is 9.53 Å². The zero-order chi connectivity index (χ0) is 15.8. The highest BCUT2D eigenvalue weighted by Gasteiger charge is 2.09. The molecule has 2 rings (SSSR count). The normalized spacial score (nSPS) is 10.5. The molecule has 0 atom stereocenters. The van der Waals surface area contributed by atoms with Gasteiger partial charge in [0.2, 0.25) is 5.13 Å². The first kappa shape index (κ1) is 17.1. The van der Waals surface area contributed by atoms with Gasteiger partial charge in [-0.2, -0.15) is 0 Å². The lowest BCUT2D eigenvalue weighted by Gasteiger charge is -2.02. The van der Waals surface area contributed by atoms with Crippen molar-refractivity contribution in [3.05, 3.63) is 29.3 Å². The van der Waals surface area contributed by atoms with Crippen molar-refractivity contribution in [2.75, 3.05) is 17.7 Å². The number of anilines is 2. The number of aromatic nitrogens is 2. The van der Waals surface area contributed by atoms with Gasteiger partial charge in [0.25, 0.3) is 0 Å². The molecule has 2 aromatic rings. The van der Waals surface area contributed by atoms with Gasteiger partial charge in [0, 0.05) is 10.7 Å². The van der Waals surface area contributed by atoms with E-state index in [1.165, 1.54) is 23.1 Å². The first-order chi connectivity index (χ1) is 10.7. The molecule has 1 N–H and O–H groups in total. The van der Waals surface area contributed by atoms with Gasteiger partial charge in [-0.15, -0.1) is 10.2 Å². The van der Waals surface area contributed by atoms with Crippen molar-refractivity contribution in [2.45, 2.75) is 24.1 Å². The molecule has 0 radical (unpaired) electrons. The summed E-state index contributed by atoms with van der Waals surface area (Å²) in [6.45, 7) is 2.53. The van der Waals surface area contributed by atoms with Crippen LogP contribution in [0.15, 0.2) is 28.6 Å². The minimum Gasteiger partial charge on any atom is -0.465 e. The highest BCUT2D eigenvalue weighted by Crippen LogP contribution is 2.28. The van der Waals surface area contributed by atoms with E-state index in [0.717, 1.165) is 22.9 Å². The topological polar surface area (TPSA) is 64.1 Å². The number of halogens is 1. The first-order valence-corrected chi connectivity index (χ1v) is 9.00. The molecule has 0 aliphatic rings. The van der Waals surface area contributed by atoms with Crippen molar-refractivity contribution >= 4 is 51.5 Å². The zero-order valence-corrected chi connectivity index (χ0v) is 14.4. The second-order valence-corrected chi connectivity index (χ2v) is 7.01. The average Bonchev–Trinajstić information content (AvgIpc) is 2.93. The monoisotopic (exact) mass is 357 g/mol. The predicted molar refractivity (Wildman–Crippen MR) is 91.2 cm³/mol. The summed E-state index contributed by atoms with van der Waals surface area (Å²) in [5.74, 6) is 0.0215. The molecule has 0 bridgehead atoms. The van der Waals surface area contributed by atoms with Crippen LogP contribution in [0.1, 0.15) is 19.8 Å². The first-order valence-electron chi connectivity index (χ1n) is 6.82. The fourth-order valence-corrected chi connectivity index (χ4v) is 3.26. The van der Waals surface area contributed by atoms with Crippen LogP contribution >= 0.6 is 34.7 Å². The number of carbonyl (C=O) groups excluding carboxylic acids is 1. The highest BCUT2D eigenvalue weighted by atomic mass is 35.5. The summed E-state index contributed by atoms with van der Waals surface area (Å²) in [6, 6.07) is 7.36. The van der Waals surface area contributed by atoms with Crippen LogP contribution in [0.5, 0.6) is 0 Å². The fraction of sp³-hybridized carbons (Fsp3) is 0.357. The third-order valence-corrected chi connectivity index (χ3v) is 4.74. The van der Waals surface area contributed by atoms with E-state index in [1.807, 2.05) is 12.1 Å². The van der Waals surface area contributed by atoms with Gasteiger partial charge in [-0.25, -0.2) is 0 Å². The van der Waals surface area contributed by atoms with Gasteiger partial charge >= 0.3 is 5.97 Å². The van der Waals surface area contributed by atoms with Crippen molar-refractivity contribution in [1.29, 1.82) is 0 Å². The summed E-state index contributed by atoms with van der Waals surface area (Å²) in [5, 5.41) is 12.5. The number of carbonyl (C=O) groups is 1. The summed E-state index contributed by atoms with van der Waals surface area (Å²) >= 11 is 8.63. The second-order valence-electron chi connectivity index (χ2n) is 4.37. The maximum Gasteiger partial charge on any atom is 0.316 e. The number of nitrogens with zero attached hydrogens (tertiary/aromatic N) is 2. The van der Waals surface area contributed by atoms with E-state index < -0.39 is 0 Å². The zero-order valence-electron chi connectivity index (χ0n) is 12.0. The van der Waals surface area contributed by atoms with E-state index in [-0.39, 0.29) is 11.7 Å². The maximum atomic E-state index is 11.5. The molecule has 0 saturated heterocycles. The molecule has 0 aliphatic carbocycles. The smallest absolute Gasteiger partial charge is 0.316 e. The largest absolute Gasteiger partial charge is 0.465 e. The molecular formula is C14H16ClN3O2S2. The second kappa shape index (κ2) is 8.97. The molecule has 0 spiro atoms. The third kappa shape index (κ3) is 5.82. The van der Waals surface area contributed by atoms with Crippen LogP contribution in [0.3, 0.4) is 0 Å². The van der Waals surface area contributed by atoms with Gasteiger partial charge < -0.3 is 10.1 Å². The average molecular weight is 358 g/mol. The number of thioether (sulfide) groups is 1. The molecule has 0 saturated carbocycles. The number of esters is 1. The lowest BCUT2D eigenvalue weighted by atomic mass is 10.3. The molecule has 1 aromatic heterocycles. The van der Waals surface area contributed by atoms with Gasteiger partial charge in [-0.05, 0) is 24.6 Å². The number of nitrogens with one attached hydrogen (secondary N) is 1. The van der Waals surface area contributed by atoms with Crippen LogP contribution in [-0.2, 0) is 9.53 Å². The number of hydrogen-bond donors (Lipinski definition) is 1. The number of rotatable bonds is 8. The number of unbranched alkanes of at least 4 members (excludes halogenated alkanes) is 1. The molecular weight excluding hydrogens is 342 g/mol. The summed E-state index contributed by atoms with van der Waals surface area (Å²) < 4.78 is 5.81. The van der Waals surface area contributed by atoms with E-state index >= 15 is 0 Å². The van der Waals surface area contributed by atoms with Crippen LogP contribution < -0.4 is 5.32 Å². The Morgan fingerprint density at radius 3 is 3.09 bits per heavy atom. The number of benzene rings is 1. The molecule has 1 aromatic carbocycles. The standard InChI is InChI=1S/C14H16ClN3O2S2/c1-2-3-7-20-12(19)9-21-14-18-17-13(22-14)16-11-6-4-5-10(15)8-11/h4-6,8H,2-3,7,9H2,1H3,(H,16,17). The SMILES string of the molecule is CCCCOC(=O)CSc1nnc(Nc2cccc(Cl)c2)s1. The Morgan fingerprint density at radius 1 is 1.45 bits per heavy atom. The summed E-state index contributed by atoms with van der Waals surface area (Å²) in [6.07, 6.45) is 1.90. The fourth-order valence-electron chi connectivity index (χ4n) is 1.50. The van der Waals surface area contributed by atoms with Crippen molar-refractivity contribution in [1.82, 2.24) is 10.2 Å². The Bertz CT molecular complexity index is 622. The predicted octanol–water partition coefficient (Wildman–Crippen LogP) is 4.37. The summed E-state index contributed by atoms with van der Waals surface area (Å²) in [7, 11) is 0. The quantitative estimate of drug-likeness (QED) is 0.430. The minimum absolute atomic E-state index is 0.224. The van der Waals surface area contributed by atoms with Crippen LogP contribution in [0, 0.1) is 0 Å². The molecule has 0 fully saturated rings. The number of ether oxygens (including phenoxy) is 1. The lowest BCUT2D eigenvalue weighted by molar-refractivity contribution is -0.140. The summed E-state index contributed by atoms with van der Waals surface area (Å²) in [5.41, 5.74) is 0.846. The Hall–Kier alpha value is -1.31. The Labute approximate surface area is 142 Å². The lowest BCUT2D eigenvalue weighted by Crippen LogP contribution is -2.08. The Morgan fingerprint density at radius 2 is 2.32 bits per heavy atom. The van der Waals surface area contributed by atoms with Crippen LogP contribution in [0.2, 0.25) is 5.02 Å². The van der Waals surface area contributed by atoms with Crippen LogP contribution in [-0.4, -0.2) is 28.5 Å². The third-order valence-electron chi connectivity index (χ3n) is 2.56. The highest BCUT2D eigenvalue weighted by molar-refractivity contribution is 8.01. The van der Waals surface area contributed by atoms with Crippen molar-refractivity contribution in [3.63, 3.8) is 0 Å². The molecule has 0 amide bonds. The molecule has 0 aliphatic heterocycles. The molecule has 8 heteroatoms. The van der Waals surface area contributed by atoms with Crippen LogP contribution in [0.25, 0.3) is 0 Å². The molecule has 1 heterocycles. The van der Waals surface area contributed by atoms with E-state index in [4.69, 9.17) is 16.3 Å². The van der Waals surface area contributed by atoms with Gasteiger partial charge in [0.05, 0.1) is 12.4 Å². The van der Waals surface area contributed by atoms with Gasteiger partial charge in [-0.3, -0.25) is 4.79 Å². The Balaban J connectivity index is 1.80. The van der Waals surface area contributed by atoms with Crippen molar-refractivity contribution in [3.8, 4) is 0 Å². The van der Waals surface area contributed by atoms with E-state index in [0.29, 0.717) is 16.8 Å². The van der Waals surface area contributed by atoms with Crippen molar-refractivity contribution in [2.24, 2.45) is 0 Å². The van der Waals surface area contributed by atoms with E-state index in [1.54, 1.807) is 12.1 Å². The molecule has 22 heavy (non-hydrogen) atoms. The molecule has 5 nitrogen and oxygen atoms in total. The summed E-state index contributed by atoms with van der Waals surface area (Å²) in [4.78, 5) is 11.5. The van der Waals surface area contributed by atoms with Gasteiger partial charge in [0.1, 0.15) is 0 Å². The maximum absolute atomic E-state index is 11.5. The molecule has 118 valence electrons. The Kier molecular flexibility index (Phi) is 6.95. The minimum atomic E-state index is -0.224. The van der Waals surface area contributed by atoms with E-state index in [2.05, 4.69) is 22.4 Å². The van der Waals surface area contributed by atoms with Crippen LogP contribution in [0.4, 0.5) is 10.8 Å².